The SMILES string of the molecule is COCCNCc1cn(CC2CNC(=O)O2)nn1. The van der Waals surface area contributed by atoms with Crippen molar-refractivity contribution < 1.29 is 14.3 Å². The average Bonchev–Trinajstić information content (AvgIpc) is 2.95. The van der Waals surface area contributed by atoms with Crippen molar-refractivity contribution in [1.82, 2.24) is 25.6 Å². The maximum atomic E-state index is 10.9. The number of nitrogens with zero attached hydrogens (tertiary/aromatic N) is 3. The lowest BCUT2D eigenvalue weighted by Crippen LogP contribution is -2.21. The number of rotatable bonds is 7. The van der Waals surface area contributed by atoms with Crippen molar-refractivity contribution in [2.24, 2.45) is 0 Å². The second-order valence-corrected chi connectivity index (χ2v) is 4.01. The zero-order valence-corrected chi connectivity index (χ0v) is 10.3. The minimum Gasteiger partial charge on any atom is -0.442 e. The molecule has 0 spiro atoms. The fourth-order valence-corrected chi connectivity index (χ4v) is 1.64. The molecule has 0 radical (unpaired) electrons. The first-order chi connectivity index (χ1) is 8.78. The zero-order valence-electron chi connectivity index (χ0n) is 10.3. The zero-order chi connectivity index (χ0) is 12.8. The molecule has 1 aromatic rings. The highest BCUT2D eigenvalue weighted by Gasteiger charge is 2.23. The molecule has 100 valence electrons. The van der Waals surface area contributed by atoms with Crippen LogP contribution >= 0.6 is 0 Å². The molecule has 0 bridgehead atoms. The van der Waals surface area contributed by atoms with Gasteiger partial charge in [-0.05, 0) is 0 Å². The second-order valence-electron chi connectivity index (χ2n) is 4.01. The van der Waals surface area contributed by atoms with E-state index in [-0.39, 0.29) is 12.2 Å². The lowest BCUT2D eigenvalue weighted by atomic mass is 10.3. The molecule has 1 aromatic heterocycles. The molecule has 1 atom stereocenters. The van der Waals surface area contributed by atoms with Crippen LogP contribution in [0, 0.1) is 0 Å². The lowest BCUT2D eigenvalue weighted by Gasteiger charge is -2.05. The normalized spacial score (nSPS) is 18.7. The molecule has 0 saturated carbocycles. The number of cyclic esters (lactones) is 1. The number of alkyl carbamates (subject to hydrolysis) is 1. The predicted octanol–water partition coefficient (Wildman–Crippen LogP) is -0.877. The number of amides is 1. The van der Waals surface area contributed by atoms with Crippen molar-refractivity contribution >= 4 is 6.09 Å². The molecule has 8 heteroatoms. The van der Waals surface area contributed by atoms with Gasteiger partial charge in [0.1, 0.15) is 6.10 Å². The van der Waals surface area contributed by atoms with Gasteiger partial charge >= 0.3 is 6.09 Å². The number of nitrogens with one attached hydrogen (secondary N) is 2. The minimum absolute atomic E-state index is 0.173. The van der Waals surface area contributed by atoms with Crippen molar-refractivity contribution in [2.45, 2.75) is 19.2 Å². The maximum absolute atomic E-state index is 10.9. The Hall–Kier alpha value is -1.67. The Balaban J connectivity index is 1.73. The molecule has 2 rings (SSSR count). The van der Waals surface area contributed by atoms with Gasteiger partial charge in [-0.3, -0.25) is 0 Å². The van der Waals surface area contributed by atoms with Crippen LogP contribution in [0.1, 0.15) is 5.69 Å². The van der Waals surface area contributed by atoms with E-state index in [0.717, 1.165) is 12.2 Å². The van der Waals surface area contributed by atoms with E-state index in [9.17, 15) is 4.79 Å². The van der Waals surface area contributed by atoms with E-state index >= 15 is 0 Å². The third-order valence-electron chi connectivity index (χ3n) is 2.51. The van der Waals surface area contributed by atoms with Gasteiger partial charge in [-0.2, -0.15) is 0 Å². The lowest BCUT2D eigenvalue weighted by molar-refractivity contribution is 0.128. The number of carbonyl (C=O) groups excluding carboxylic acids is 1. The summed E-state index contributed by atoms with van der Waals surface area (Å²) in [6, 6.07) is 0. The van der Waals surface area contributed by atoms with Crippen molar-refractivity contribution in [3.8, 4) is 0 Å². The molecule has 18 heavy (non-hydrogen) atoms. The molecule has 8 nitrogen and oxygen atoms in total. The fourth-order valence-electron chi connectivity index (χ4n) is 1.64. The second kappa shape index (κ2) is 6.31. The predicted molar refractivity (Wildman–Crippen MR) is 61.9 cm³/mol. The van der Waals surface area contributed by atoms with Gasteiger partial charge in [-0.25, -0.2) is 9.48 Å². The third-order valence-corrected chi connectivity index (χ3v) is 2.51. The van der Waals surface area contributed by atoms with Gasteiger partial charge in [0.25, 0.3) is 0 Å². The number of aromatic nitrogens is 3. The first-order valence-corrected chi connectivity index (χ1v) is 5.81. The highest BCUT2D eigenvalue weighted by atomic mass is 16.6. The summed E-state index contributed by atoms with van der Waals surface area (Å²) in [5, 5.41) is 13.8. The largest absolute Gasteiger partial charge is 0.442 e. The van der Waals surface area contributed by atoms with Gasteiger partial charge in [0.2, 0.25) is 0 Å². The Morgan fingerprint density at radius 3 is 3.33 bits per heavy atom. The Bertz CT molecular complexity index is 395. The first kappa shape index (κ1) is 12.8. The van der Waals surface area contributed by atoms with Crippen LogP contribution < -0.4 is 10.6 Å². The van der Waals surface area contributed by atoms with Gasteiger partial charge < -0.3 is 20.1 Å². The molecule has 1 saturated heterocycles. The van der Waals surface area contributed by atoms with Gasteiger partial charge in [-0.15, -0.1) is 5.10 Å². The molecule has 2 N–H and O–H groups in total. The Morgan fingerprint density at radius 2 is 2.61 bits per heavy atom. The smallest absolute Gasteiger partial charge is 0.407 e. The van der Waals surface area contributed by atoms with Crippen LogP contribution in [-0.4, -0.2) is 54.0 Å². The Morgan fingerprint density at radius 1 is 1.72 bits per heavy atom. The van der Waals surface area contributed by atoms with Crippen LogP contribution in [0.3, 0.4) is 0 Å². The number of hydrogen-bond acceptors (Lipinski definition) is 6. The molecule has 1 fully saturated rings. The summed E-state index contributed by atoms with van der Waals surface area (Å²) in [7, 11) is 1.66. The van der Waals surface area contributed by atoms with Crippen molar-refractivity contribution in [1.29, 1.82) is 0 Å². The summed E-state index contributed by atoms with van der Waals surface area (Å²) in [6.45, 7) is 3.11. The quantitative estimate of drug-likeness (QED) is 0.615. The van der Waals surface area contributed by atoms with Crippen LogP contribution in [0.15, 0.2) is 6.20 Å². The van der Waals surface area contributed by atoms with E-state index in [0.29, 0.717) is 26.2 Å². The number of hydrogen-bond donors (Lipinski definition) is 2. The average molecular weight is 255 g/mol. The highest BCUT2D eigenvalue weighted by Crippen LogP contribution is 2.03. The molecule has 1 amide bonds. The number of methoxy groups -OCH3 is 1. The summed E-state index contributed by atoms with van der Waals surface area (Å²) in [5.74, 6) is 0. The van der Waals surface area contributed by atoms with Crippen molar-refractivity contribution in [3.63, 3.8) is 0 Å². The molecular formula is C10H17N5O3. The Labute approximate surface area is 105 Å². The standard InChI is InChI=1S/C10H17N5O3/c1-17-3-2-11-4-8-6-15(14-13-8)7-9-5-12-10(16)18-9/h6,9,11H,2-5,7H2,1H3,(H,12,16). The van der Waals surface area contributed by atoms with Crippen molar-refractivity contribution in [3.05, 3.63) is 11.9 Å². The summed E-state index contributed by atoms with van der Waals surface area (Å²) in [5.41, 5.74) is 0.850. The highest BCUT2D eigenvalue weighted by molar-refractivity contribution is 5.69. The van der Waals surface area contributed by atoms with E-state index in [1.807, 2.05) is 6.20 Å². The van der Waals surface area contributed by atoms with Crippen LogP contribution in [0.4, 0.5) is 4.79 Å². The number of ether oxygens (including phenoxy) is 2. The summed E-state index contributed by atoms with van der Waals surface area (Å²) in [4.78, 5) is 10.9. The van der Waals surface area contributed by atoms with E-state index in [2.05, 4.69) is 20.9 Å². The summed E-state index contributed by atoms with van der Waals surface area (Å²) >= 11 is 0. The fraction of sp³-hybridized carbons (Fsp3) is 0.700. The minimum atomic E-state index is -0.374. The molecule has 0 aliphatic carbocycles. The number of carbonyl (C=O) groups is 1. The van der Waals surface area contributed by atoms with E-state index in [1.54, 1.807) is 11.8 Å². The molecule has 1 unspecified atom stereocenters. The molecular weight excluding hydrogens is 238 g/mol. The van der Waals surface area contributed by atoms with Crippen molar-refractivity contribution in [2.75, 3.05) is 26.8 Å². The van der Waals surface area contributed by atoms with Crippen LogP contribution in [-0.2, 0) is 22.6 Å². The van der Waals surface area contributed by atoms with Crippen LogP contribution in [0.25, 0.3) is 0 Å². The van der Waals surface area contributed by atoms with Crippen LogP contribution in [0.5, 0.6) is 0 Å². The maximum Gasteiger partial charge on any atom is 0.407 e. The summed E-state index contributed by atoms with van der Waals surface area (Å²) < 4.78 is 11.6. The molecule has 1 aliphatic rings. The van der Waals surface area contributed by atoms with E-state index < -0.39 is 0 Å². The topological polar surface area (TPSA) is 90.3 Å². The van der Waals surface area contributed by atoms with Gasteiger partial charge in [0, 0.05) is 26.4 Å². The van der Waals surface area contributed by atoms with E-state index in [1.165, 1.54) is 0 Å². The van der Waals surface area contributed by atoms with Gasteiger partial charge in [0.15, 0.2) is 0 Å². The van der Waals surface area contributed by atoms with E-state index in [4.69, 9.17) is 9.47 Å². The van der Waals surface area contributed by atoms with Gasteiger partial charge in [0.05, 0.1) is 25.4 Å². The van der Waals surface area contributed by atoms with Crippen LogP contribution in [0.2, 0.25) is 0 Å². The Kier molecular flexibility index (Phi) is 4.48. The summed E-state index contributed by atoms with van der Waals surface area (Å²) in [6.07, 6.45) is 1.29. The molecule has 1 aliphatic heterocycles. The monoisotopic (exact) mass is 255 g/mol. The first-order valence-electron chi connectivity index (χ1n) is 5.81. The molecule has 2 heterocycles. The third kappa shape index (κ3) is 3.67. The van der Waals surface area contributed by atoms with Gasteiger partial charge in [-0.1, -0.05) is 5.21 Å². The molecule has 0 aromatic carbocycles.